The van der Waals surface area contributed by atoms with Gasteiger partial charge in [0.2, 0.25) is 17.3 Å². The molecule has 0 unspecified atom stereocenters. The summed E-state index contributed by atoms with van der Waals surface area (Å²) in [5, 5.41) is 85.9. The van der Waals surface area contributed by atoms with Crippen LogP contribution in [0.3, 0.4) is 0 Å². The van der Waals surface area contributed by atoms with Gasteiger partial charge in [-0.1, -0.05) is 60.1 Å². The Balaban J connectivity index is 0.952. The lowest BCUT2D eigenvalue weighted by Crippen LogP contribution is -2.65. The highest BCUT2D eigenvalue weighted by molar-refractivity contribution is 5.79. The molecule has 2 heterocycles. The number of fused-ring (bicyclic) bond motifs is 7. The fourth-order valence-corrected chi connectivity index (χ4v) is 14.9. The van der Waals surface area contributed by atoms with E-state index in [-0.39, 0.29) is 63.0 Å². The van der Waals surface area contributed by atoms with Gasteiger partial charge >= 0.3 is 17.6 Å². The number of hydrogen-bond acceptors (Lipinski definition) is 18. The summed E-state index contributed by atoms with van der Waals surface area (Å²) in [6.07, 6.45) is 1.72. The Morgan fingerprint density at radius 2 is 1.53 bits per heavy atom. The number of hydrogen-bond donors (Lipinski definition) is 5. The minimum Gasteiger partial charge on any atom is -0.569 e. The fraction of sp³-hybridized carbons (Fsp3) is 0.800. The van der Waals surface area contributed by atoms with Gasteiger partial charge < -0.3 is 50.1 Å². The van der Waals surface area contributed by atoms with Crippen molar-refractivity contribution in [3.63, 3.8) is 0 Å². The number of aliphatic hydroxyl groups is 4. The Bertz CT molecular complexity index is 2340. The standard InChI is InChI=1S/C50H75N7O15/c1-45(2)16-18-50(44(63)71-43-42(62)41(61)40(60)35(28-58)69-43)19-17-48(6)29(30(50)27-45)9-10-37-47(5)14-12-38(46(3,4)36(47)11-15-49(37,48)7)70-39(59)13-20-51-31-25-34(33(56(66)67)26-32(31)55(64)65)72-52-57(68)54-23-21-53(8)22-24-54/h9,25-26,30,35-38,40-43,51,58,60-62H,10-24,27-28H2,1-8H3/b57-52-/t30-,35+,36-,37+,38-,40-,41-,42+,43-,47-,48+,49+,50-/m0/s1. The van der Waals surface area contributed by atoms with Gasteiger partial charge in [-0.05, 0) is 111 Å². The largest absolute Gasteiger partial charge is 0.569 e. The minimum atomic E-state index is -1.69. The number of nitro groups is 2. The Hall–Kier alpha value is -4.74. The molecule has 5 N–H and O–H groups in total. The van der Waals surface area contributed by atoms with Crippen LogP contribution < -0.4 is 10.2 Å². The van der Waals surface area contributed by atoms with Gasteiger partial charge in [0.25, 0.3) is 5.69 Å². The molecule has 0 radical (unpaired) electrons. The predicted molar refractivity (Wildman–Crippen MR) is 257 cm³/mol. The first-order valence-corrected chi connectivity index (χ1v) is 25.6. The van der Waals surface area contributed by atoms with Gasteiger partial charge in [-0.25, -0.2) is 0 Å². The molecule has 72 heavy (non-hydrogen) atoms. The van der Waals surface area contributed by atoms with Gasteiger partial charge in [-0.2, -0.15) is 0 Å². The van der Waals surface area contributed by atoms with Gasteiger partial charge in [0.05, 0.1) is 46.3 Å². The number of nitrogens with one attached hydrogen (secondary N) is 1. The summed E-state index contributed by atoms with van der Waals surface area (Å²) in [6.45, 7) is 17.2. The van der Waals surface area contributed by atoms with E-state index in [1.165, 1.54) is 10.6 Å². The number of rotatable bonds is 13. The van der Waals surface area contributed by atoms with Crippen molar-refractivity contribution in [2.45, 2.75) is 156 Å². The first-order chi connectivity index (χ1) is 33.7. The second-order valence-corrected chi connectivity index (χ2v) is 24.0. The molecule has 5 aliphatic carbocycles. The van der Waals surface area contributed by atoms with E-state index in [0.717, 1.165) is 57.1 Å². The third kappa shape index (κ3) is 9.19. The van der Waals surface area contributed by atoms with Crippen molar-refractivity contribution in [2.75, 3.05) is 51.7 Å². The summed E-state index contributed by atoms with van der Waals surface area (Å²) < 4.78 is 17.9. The number of piperazine rings is 1. The van der Waals surface area contributed by atoms with Crippen molar-refractivity contribution < 1.29 is 63.9 Å². The SMILES string of the molecule is CN1CCN(/[N+]([O-])=N/Oc2cc(NCCC(=O)O[C@H]3CC[C@]4(C)[C@H]5CC=C6[C@@H]7CC(C)(C)CC[C@]7(C(=O)O[C@@H]7O[C@H](CO)[C@H](O)[C@H](O)[C@H]7O)CC[C@@]6(C)[C@]5(C)CC[C@H]4C3(C)C)c([N+](=O)[O-])cc2[N+](=O)[O-])CC1. The molecule has 4 saturated carbocycles. The lowest BCUT2D eigenvalue weighted by molar-refractivity contribution is -0.709. The van der Waals surface area contributed by atoms with Gasteiger partial charge in [-0.3, -0.25) is 34.7 Å². The third-order valence-corrected chi connectivity index (χ3v) is 19.4. The average molecular weight is 1010 g/mol. The molecule has 22 nitrogen and oxygen atoms in total. The molecule has 2 aliphatic heterocycles. The number of carbonyl (C=O) groups excluding carboxylic acids is 2. The lowest BCUT2D eigenvalue weighted by Gasteiger charge is -2.71. The number of carbonyl (C=O) groups is 2. The van der Waals surface area contributed by atoms with Crippen LogP contribution in [0, 0.1) is 75.7 Å². The third-order valence-electron chi connectivity index (χ3n) is 19.4. The number of anilines is 1. The molecular formula is C50H75N7O15. The molecule has 13 atom stereocenters. The number of nitro benzene ring substituents is 2. The van der Waals surface area contributed by atoms with E-state index in [4.69, 9.17) is 19.0 Å². The van der Waals surface area contributed by atoms with Crippen molar-refractivity contribution >= 4 is 29.0 Å². The Morgan fingerprint density at radius 3 is 2.19 bits per heavy atom. The second kappa shape index (κ2) is 19.5. The normalized spacial score (nSPS) is 38.4. The van der Waals surface area contributed by atoms with Gasteiger partial charge in [0.1, 0.15) is 42.3 Å². The Labute approximate surface area is 419 Å². The van der Waals surface area contributed by atoms with Crippen LogP contribution in [0.5, 0.6) is 5.75 Å². The minimum absolute atomic E-state index is 0.0574. The number of likely N-dealkylation sites (N-methyl/N-ethyl adjacent to an activating group) is 1. The van der Waals surface area contributed by atoms with Crippen LogP contribution in [-0.4, -0.2) is 140 Å². The van der Waals surface area contributed by atoms with E-state index in [1.807, 2.05) is 11.9 Å². The number of benzene rings is 1. The number of ether oxygens (including phenoxy) is 3. The monoisotopic (exact) mass is 1010 g/mol. The van der Waals surface area contributed by atoms with E-state index in [1.54, 1.807) is 0 Å². The van der Waals surface area contributed by atoms with Crippen LogP contribution in [0.25, 0.3) is 0 Å². The van der Waals surface area contributed by atoms with E-state index in [2.05, 4.69) is 65.1 Å². The average Bonchev–Trinajstić information content (AvgIpc) is 3.31. The number of esters is 2. The maximum atomic E-state index is 14.7. The molecule has 2 saturated heterocycles. The highest BCUT2D eigenvalue weighted by Gasteiger charge is 2.70. The molecule has 6 fully saturated rings. The predicted octanol–water partition coefficient (Wildman–Crippen LogP) is 5.78. The van der Waals surface area contributed by atoms with E-state index in [0.29, 0.717) is 45.4 Å². The fourth-order valence-electron chi connectivity index (χ4n) is 14.9. The maximum Gasteiger partial charge on any atom is 0.321 e. The van der Waals surface area contributed by atoms with Crippen molar-refractivity contribution in [1.29, 1.82) is 0 Å². The number of allylic oxidation sites excluding steroid dienone is 2. The smallest absolute Gasteiger partial charge is 0.321 e. The molecule has 0 bridgehead atoms. The topological polar surface area (TPSA) is 295 Å². The van der Waals surface area contributed by atoms with E-state index < -0.39 is 93.2 Å². The van der Waals surface area contributed by atoms with Crippen LogP contribution in [-0.2, 0) is 23.8 Å². The summed E-state index contributed by atoms with van der Waals surface area (Å²) in [7, 11) is 1.90. The molecule has 400 valence electrons. The Kier molecular flexibility index (Phi) is 14.5. The molecule has 22 heteroatoms. The van der Waals surface area contributed by atoms with Crippen LogP contribution in [0.4, 0.5) is 17.1 Å². The number of aliphatic hydroxyl groups excluding tert-OH is 4. The molecular weight excluding hydrogens is 939 g/mol. The lowest BCUT2D eigenvalue weighted by atomic mass is 9.33. The van der Waals surface area contributed by atoms with Crippen molar-refractivity contribution in [1.82, 2.24) is 9.91 Å². The summed E-state index contributed by atoms with van der Waals surface area (Å²) in [5.41, 5.74) is -2.14. The summed E-state index contributed by atoms with van der Waals surface area (Å²) in [6, 6.07) is 1.75. The van der Waals surface area contributed by atoms with Gasteiger partial charge in [0.15, 0.2) is 0 Å². The van der Waals surface area contributed by atoms with Crippen LogP contribution in [0.2, 0.25) is 0 Å². The number of hydrazine groups is 1. The maximum absolute atomic E-state index is 14.7. The summed E-state index contributed by atoms with van der Waals surface area (Å²) in [5.74, 6) is -1.14. The van der Waals surface area contributed by atoms with Crippen LogP contribution in [0.15, 0.2) is 29.1 Å². The van der Waals surface area contributed by atoms with Gasteiger partial charge in [-0.15, -0.1) is 5.01 Å². The zero-order valence-electron chi connectivity index (χ0n) is 42.9. The van der Waals surface area contributed by atoms with Crippen molar-refractivity contribution in [3.8, 4) is 5.75 Å². The summed E-state index contributed by atoms with van der Waals surface area (Å²) >= 11 is 0. The van der Waals surface area contributed by atoms with Crippen LogP contribution in [0.1, 0.15) is 119 Å². The first kappa shape index (κ1) is 53.5. The van der Waals surface area contributed by atoms with Crippen molar-refractivity contribution in [3.05, 3.63) is 49.2 Å². The molecule has 0 spiro atoms. The molecule has 0 aromatic heterocycles. The zero-order valence-corrected chi connectivity index (χ0v) is 42.9. The molecule has 1 aromatic rings. The molecule has 8 rings (SSSR count). The van der Waals surface area contributed by atoms with Gasteiger partial charge in [0, 0.05) is 31.1 Å². The quantitative estimate of drug-likeness (QED) is 0.0391. The highest BCUT2D eigenvalue weighted by atomic mass is 16.7. The molecule has 7 aliphatic rings. The molecule has 0 amide bonds. The van der Waals surface area contributed by atoms with Crippen molar-refractivity contribution in [2.24, 2.45) is 55.5 Å². The second-order valence-electron chi connectivity index (χ2n) is 24.0. The number of nitrogens with zero attached hydrogens (tertiary/aromatic N) is 6. The summed E-state index contributed by atoms with van der Waals surface area (Å²) in [4.78, 5) is 58.1. The zero-order chi connectivity index (χ0) is 52.5. The molecule has 1 aromatic carbocycles. The first-order valence-electron chi connectivity index (χ1n) is 25.6. The van der Waals surface area contributed by atoms with Crippen LogP contribution >= 0.6 is 0 Å². The highest BCUT2D eigenvalue weighted by Crippen LogP contribution is 2.76. The van der Waals surface area contributed by atoms with E-state index >= 15 is 0 Å². The van der Waals surface area contributed by atoms with E-state index in [9.17, 15) is 55.5 Å². The Morgan fingerprint density at radius 1 is 0.847 bits per heavy atom.